The average Bonchev–Trinajstić information content (AvgIpc) is 2.92. The van der Waals surface area contributed by atoms with E-state index < -0.39 is 34.1 Å². The summed E-state index contributed by atoms with van der Waals surface area (Å²) in [5.74, 6) is -0.201. The van der Waals surface area contributed by atoms with Crippen LogP contribution >= 0.6 is 11.6 Å². The number of sulfonamides is 1. The van der Waals surface area contributed by atoms with Gasteiger partial charge in [0, 0.05) is 17.1 Å². The van der Waals surface area contributed by atoms with Gasteiger partial charge in [-0.3, -0.25) is 13.9 Å². The molecule has 0 unspecified atom stereocenters. The van der Waals surface area contributed by atoms with Crippen molar-refractivity contribution in [3.63, 3.8) is 0 Å². The van der Waals surface area contributed by atoms with Gasteiger partial charge in [-0.2, -0.15) is 0 Å². The summed E-state index contributed by atoms with van der Waals surface area (Å²) in [6.07, 6.45) is 0.324. The second kappa shape index (κ2) is 13.6. The van der Waals surface area contributed by atoms with E-state index in [1.165, 1.54) is 23.1 Å². The monoisotopic (exact) mass is 613 g/mol. The minimum Gasteiger partial charge on any atom is -0.497 e. The Labute approximate surface area is 254 Å². The summed E-state index contributed by atoms with van der Waals surface area (Å²) in [6, 6.07) is 17.6. The fourth-order valence-electron chi connectivity index (χ4n) is 4.40. The number of hydrogen-bond acceptors (Lipinski definition) is 5. The lowest BCUT2D eigenvalue weighted by Gasteiger charge is -2.35. The number of anilines is 1. The minimum atomic E-state index is -4.18. The van der Waals surface area contributed by atoms with Crippen LogP contribution in [0.2, 0.25) is 5.02 Å². The topological polar surface area (TPSA) is 96.0 Å². The summed E-state index contributed by atoms with van der Waals surface area (Å²) in [5, 5.41) is 3.34. The molecule has 2 amide bonds. The van der Waals surface area contributed by atoms with E-state index in [4.69, 9.17) is 16.3 Å². The molecule has 8 nitrogen and oxygen atoms in total. The largest absolute Gasteiger partial charge is 0.497 e. The van der Waals surface area contributed by atoms with Crippen LogP contribution < -0.4 is 14.4 Å². The summed E-state index contributed by atoms with van der Waals surface area (Å²) in [6.45, 7) is 10.6. The molecule has 0 saturated carbocycles. The number of aryl methyl sites for hydroxylation is 2. The summed E-state index contributed by atoms with van der Waals surface area (Å²) in [7, 11) is -2.62. The van der Waals surface area contributed by atoms with E-state index in [1.807, 2.05) is 53.7 Å². The van der Waals surface area contributed by atoms with E-state index in [-0.39, 0.29) is 23.0 Å². The van der Waals surface area contributed by atoms with Gasteiger partial charge in [-0.05, 0) is 88.6 Å². The molecule has 0 aliphatic heterocycles. The maximum Gasteiger partial charge on any atom is 0.264 e. The van der Waals surface area contributed by atoms with Crippen molar-refractivity contribution in [3.05, 3.63) is 88.4 Å². The Kier molecular flexibility index (Phi) is 10.7. The zero-order chi connectivity index (χ0) is 31.2. The Morgan fingerprint density at radius 3 is 2.12 bits per heavy atom. The maximum absolute atomic E-state index is 14.2. The van der Waals surface area contributed by atoms with Gasteiger partial charge in [-0.1, -0.05) is 54.4 Å². The van der Waals surface area contributed by atoms with E-state index in [0.29, 0.717) is 17.2 Å². The number of methoxy groups -OCH3 is 1. The van der Waals surface area contributed by atoms with E-state index in [1.54, 1.807) is 43.5 Å². The number of ether oxygens (including phenoxy) is 1. The van der Waals surface area contributed by atoms with Crippen molar-refractivity contribution in [2.45, 2.75) is 71.0 Å². The van der Waals surface area contributed by atoms with Crippen LogP contribution in [0.5, 0.6) is 5.75 Å². The second-order valence-corrected chi connectivity index (χ2v) is 13.6. The van der Waals surface area contributed by atoms with Crippen molar-refractivity contribution in [2.24, 2.45) is 0 Å². The summed E-state index contributed by atoms with van der Waals surface area (Å²) < 4.78 is 34.3. The number of rotatable bonds is 11. The highest BCUT2D eigenvalue weighted by molar-refractivity contribution is 7.92. The summed E-state index contributed by atoms with van der Waals surface area (Å²) >= 11 is 6.40. The lowest BCUT2D eigenvalue weighted by Crippen LogP contribution is -2.55. The van der Waals surface area contributed by atoms with E-state index in [2.05, 4.69) is 5.32 Å². The number of carbonyl (C=O) groups excluding carboxylic acids is 2. The van der Waals surface area contributed by atoms with Crippen molar-refractivity contribution in [3.8, 4) is 5.75 Å². The first-order valence-electron chi connectivity index (χ1n) is 13.8. The first-order valence-corrected chi connectivity index (χ1v) is 15.6. The molecule has 0 heterocycles. The first-order chi connectivity index (χ1) is 19.7. The number of nitrogens with one attached hydrogen (secondary N) is 1. The van der Waals surface area contributed by atoms with Crippen LogP contribution in [0.1, 0.15) is 50.8 Å². The van der Waals surface area contributed by atoms with Gasteiger partial charge >= 0.3 is 0 Å². The summed E-state index contributed by atoms with van der Waals surface area (Å²) in [4.78, 5) is 29.1. The molecule has 3 aromatic rings. The quantitative estimate of drug-likeness (QED) is 0.291. The second-order valence-electron chi connectivity index (χ2n) is 11.3. The van der Waals surface area contributed by atoms with E-state index >= 15 is 0 Å². The third kappa shape index (κ3) is 8.26. The molecule has 3 aromatic carbocycles. The molecule has 0 aliphatic carbocycles. The number of benzene rings is 3. The van der Waals surface area contributed by atoms with Crippen LogP contribution in [0.3, 0.4) is 0 Å². The molecule has 0 spiro atoms. The van der Waals surface area contributed by atoms with Gasteiger partial charge in [0.1, 0.15) is 18.3 Å². The lowest BCUT2D eigenvalue weighted by molar-refractivity contribution is -0.141. The highest BCUT2D eigenvalue weighted by atomic mass is 35.5. The molecule has 10 heteroatoms. The van der Waals surface area contributed by atoms with Gasteiger partial charge < -0.3 is 15.0 Å². The van der Waals surface area contributed by atoms with Crippen LogP contribution in [-0.4, -0.2) is 50.4 Å². The fourth-order valence-corrected chi connectivity index (χ4v) is 5.98. The van der Waals surface area contributed by atoms with E-state index in [9.17, 15) is 18.0 Å². The van der Waals surface area contributed by atoms with Crippen molar-refractivity contribution in [1.82, 2.24) is 10.2 Å². The van der Waals surface area contributed by atoms with Gasteiger partial charge in [0.15, 0.2) is 0 Å². The Balaban J connectivity index is 2.09. The number of amides is 2. The average molecular weight is 614 g/mol. The van der Waals surface area contributed by atoms with Crippen molar-refractivity contribution < 1.29 is 22.7 Å². The van der Waals surface area contributed by atoms with E-state index in [0.717, 1.165) is 21.0 Å². The molecule has 0 aliphatic rings. The van der Waals surface area contributed by atoms with Crippen LogP contribution in [0, 0.1) is 13.8 Å². The third-order valence-corrected chi connectivity index (χ3v) is 8.92. The van der Waals surface area contributed by atoms with Gasteiger partial charge in [0.25, 0.3) is 10.0 Å². The number of carbonyl (C=O) groups is 2. The normalized spacial score (nSPS) is 12.4. The van der Waals surface area contributed by atoms with Crippen molar-refractivity contribution in [1.29, 1.82) is 0 Å². The minimum absolute atomic E-state index is 0.0387. The fraction of sp³-hybridized carbons (Fsp3) is 0.375. The van der Waals surface area contributed by atoms with Crippen LogP contribution in [0.15, 0.2) is 71.6 Å². The molecule has 0 aromatic heterocycles. The number of nitrogens with zero attached hydrogens (tertiary/aromatic N) is 2. The zero-order valence-electron chi connectivity index (χ0n) is 25.3. The maximum atomic E-state index is 14.2. The molecule has 1 N–H and O–H groups in total. The SMILES string of the molecule is CC[C@@H](C(=O)NC(C)(C)C)N(Cc1ccc(OC)cc1)C(=O)CN(c1ccc(C)c(Cl)c1)S(=O)(=O)c1ccc(C)cc1. The molecule has 226 valence electrons. The van der Waals surface area contributed by atoms with Gasteiger partial charge in [0.2, 0.25) is 11.8 Å². The van der Waals surface area contributed by atoms with Gasteiger partial charge in [-0.15, -0.1) is 0 Å². The Bertz CT molecular complexity index is 1500. The van der Waals surface area contributed by atoms with Crippen molar-refractivity contribution >= 4 is 39.1 Å². The van der Waals surface area contributed by atoms with Crippen LogP contribution in [0.4, 0.5) is 5.69 Å². The number of hydrogen-bond donors (Lipinski definition) is 1. The molecule has 0 bridgehead atoms. The Hall–Kier alpha value is -3.56. The smallest absolute Gasteiger partial charge is 0.264 e. The predicted molar refractivity (Wildman–Crippen MR) is 167 cm³/mol. The third-order valence-electron chi connectivity index (χ3n) is 6.73. The standard InChI is InChI=1S/C32H40ClN3O5S/c1-8-29(31(38)34-32(4,5)6)35(20-24-12-15-26(41-7)16-13-24)30(37)21-36(25-14-11-23(3)28(33)19-25)42(39,40)27-17-9-22(2)10-18-27/h9-19,29H,8,20-21H2,1-7H3,(H,34,38)/t29-/m0/s1. The molecule has 1 atom stereocenters. The molecule has 0 fully saturated rings. The summed E-state index contributed by atoms with van der Waals surface area (Å²) in [5.41, 5.74) is 2.15. The molecule has 0 saturated heterocycles. The van der Waals surface area contributed by atoms with Crippen molar-refractivity contribution in [2.75, 3.05) is 18.0 Å². The lowest BCUT2D eigenvalue weighted by atomic mass is 10.1. The molecular formula is C32H40ClN3O5S. The van der Waals surface area contributed by atoms with Crippen LogP contribution in [-0.2, 0) is 26.2 Å². The molecule has 0 radical (unpaired) electrons. The van der Waals surface area contributed by atoms with Gasteiger partial charge in [0.05, 0.1) is 17.7 Å². The first kappa shape index (κ1) is 32.9. The van der Waals surface area contributed by atoms with Gasteiger partial charge in [-0.25, -0.2) is 8.42 Å². The highest BCUT2D eigenvalue weighted by Gasteiger charge is 2.34. The Morgan fingerprint density at radius 2 is 1.60 bits per heavy atom. The predicted octanol–water partition coefficient (Wildman–Crippen LogP) is 5.88. The number of halogens is 1. The molecule has 3 rings (SSSR count). The van der Waals surface area contributed by atoms with Crippen LogP contribution in [0.25, 0.3) is 0 Å². The molecular weight excluding hydrogens is 574 g/mol. The molecule has 42 heavy (non-hydrogen) atoms. The Morgan fingerprint density at radius 1 is 0.976 bits per heavy atom. The zero-order valence-corrected chi connectivity index (χ0v) is 26.8. The highest BCUT2D eigenvalue weighted by Crippen LogP contribution is 2.29.